The molecule has 2 aromatic heterocycles. The number of nitrogens with zero attached hydrogens (tertiary/aromatic N) is 2. The molecule has 0 bridgehead atoms. The Bertz CT molecular complexity index is 1300. The zero-order valence-corrected chi connectivity index (χ0v) is 19.4. The normalized spacial score (nSPS) is 12.3. The molecular weight excluding hydrogens is 456 g/mol. The van der Waals surface area contributed by atoms with E-state index in [4.69, 9.17) is 9.84 Å². The van der Waals surface area contributed by atoms with E-state index in [-0.39, 0.29) is 18.9 Å². The minimum absolute atomic E-state index is 0.000353. The van der Waals surface area contributed by atoms with Gasteiger partial charge in [0.25, 0.3) is 0 Å². The average Bonchev–Trinajstić information content (AvgIpc) is 3.54. The largest absolute Gasteiger partial charge is 0.481 e. The molecule has 5 rings (SSSR count). The number of carbonyl (C=O) groups is 2. The van der Waals surface area contributed by atoms with Crippen LogP contribution in [0, 0.1) is 0 Å². The third kappa shape index (κ3) is 4.15. The van der Waals surface area contributed by atoms with Gasteiger partial charge in [-0.05, 0) is 34.4 Å². The van der Waals surface area contributed by atoms with Crippen molar-refractivity contribution in [1.82, 2.24) is 4.98 Å². The first-order valence-corrected chi connectivity index (χ1v) is 12.1. The van der Waals surface area contributed by atoms with E-state index in [9.17, 15) is 9.59 Å². The van der Waals surface area contributed by atoms with E-state index in [1.807, 2.05) is 35.7 Å². The van der Waals surface area contributed by atoms with Gasteiger partial charge in [-0.1, -0.05) is 48.5 Å². The molecule has 33 heavy (non-hydrogen) atoms. The predicted molar refractivity (Wildman–Crippen MR) is 130 cm³/mol. The number of rotatable bonds is 6. The van der Waals surface area contributed by atoms with Crippen LogP contribution < -0.4 is 4.90 Å². The molecule has 166 valence electrons. The van der Waals surface area contributed by atoms with Crippen molar-refractivity contribution in [3.63, 3.8) is 0 Å². The van der Waals surface area contributed by atoms with Gasteiger partial charge in [0.15, 0.2) is 5.13 Å². The highest BCUT2D eigenvalue weighted by Crippen LogP contribution is 2.44. The van der Waals surface area contributed by atoms with Crippen molar-refractivity contribution in [3.05, 3.63) is 82.0 Å². The molecule has 2 heterocycles. The van der Waals surface area contributed by atoms with Crippen LogP contribution in [0.4, 0.5) is 9.93 Å². The third-order valence-corrected chi connectivity index (χ3v) is 7.65. The van der Waals surface area contributed by atoms with Gasteiger partial charge in [0, 0.05) is 23.2 Å². The second kappa shape index (κ2) is 8.80. The van der Waals surface area contributed by atoms with E-state index in [0.29, 0.717) is 5.13 Å². The Hall–Kier alpha value is -3.49. The van der Waals surface area contributed by atoms with Crippen molar-refractivity contribution in [1.29, 1.82) is 0 Å². The Balaban J connectivity index is 1.28. The summed E-state index contributed by atoms with van der Waals surface area (Å²) in [5.74, 6) is -0.863. The van der Waals surface area contributed by atoms with Crippen molar-refractivity contribution in [3.8, 4) is 21.7 Å². The molecular formula is C25H20N2O4S2. The topological polar surface area (TPSA) is 79.7 Å². The molecule has 6 nitrogen and oxygen atoms in total. The maximum atomic E-state index is 12.8. The summed E-state index contributed by atoms with van der Waals surface area (Å²) < 4.78 is 5.71. The lowest BCUT2D eigenvalue weighted by Crippen LogP contribution is -2.28. The number of thiophene rings is 1. The number of fused-ring (bicyclic) bond motifs is 3. The second-order valence-corrected chi connectivity index (χ2v) is 9.72. The van der Waals surface area contributed by atoms with Gasteiger partial charge in [-0.25, -0.2) is 9.78 Å². The molecule has 4 aromatic rings. The quantitative estimate of drug-likeness (QED) is 0.376. The first kappa shape index (κ1) is 21.4. The van der Waals surface area contributed by atoms with Crippen molar-refractivity contribution in [2.45, 2.75) is 12.3 Å². The van der Waals surface area contributed by atoms with E-state index < -0.39 is 12.1 Å². The molecule has 0 spiro atoms. The van der Waals surface area contributed by atoms with Crippen LogP contribution in [0.5, 0.6) is 0 Å². The SMILES string of the molecule is CN(C(=O)OCC1c2ccccc2-c2ccccc21)c1nc(-c2ccc(CC(=O)O)s2)cs1. The van der Waals surface area contributed by atoms with Crippen molar-refractivity contribution < 1.29 is 19.4 Å². The van der Waals surface area contributed by atoms with Gasteiger partial charge >= 0.3 is 12.1 Å². The van der Waals surface area contributed by atoms with Gasteiger partial charge in [0.1, 0.15) is 6.61 Å². The van der Waals surface area contributed by atoms with Gasteiger partial charge in [0.05, 0.1) is 17.0 Å². The molecule has 0 saturated heterocycles. The van der Waals surface area contributed by atoms with E-state index in [1.54, 1.807) is 13.1 Å². The number of carboxylic acid groups (broad SMARTS) is 1. The Morgan fingerprint density at radius 3 is 2.36 bits per heavy atom. The van der Waals surface area contributed by atoms with Crippen LogP contribution >= 0.6 is 22.7 Å². The summed E-state index contributed by atoms with van der Waals surface area (Å²) in [6.07, 6.45) is -0.475. The lowest BCUT2D eigenvalue weighted by Gasteiger charge is -2.18. The van der Waals surface area contributed by atoms with Crippen LogP contribution in [-0.4, -0.2) is 35.8 Å². The Morgan fingerprint density at radius 2 is 1.70 bits per heavy atom. The summed E-state index contributed by atoms with van der Waals surface area (Å²) in [4.78, 5) is 31.3. The van der Waals surface area contributed by atoms with E-state index in [2.05, 4.69) is 29.2 Å². The molecule has 1 amide bonds. The second-order valence-electron chi connectivity index (χ2n) is 7.71. The van der Waals surface area contributed by atoms with Crippen LogP contribution in [0.15, 0.2) is 66.0 Å². The van der Waals surface area contributed by atoms with Gasteiger partial charge in [-0.15, -0.1) is 22.7 Å². The summed E-state index contributed by atoms with van der Waals surface area (Å²) in [6.45, 7) is 0.249. The summed E-state index contributed by atoms with van der Waals surface area (Å²) in [7, 11) is 1.64. The fraction of sp³-hybridized carbons (Fsp3) is 0.160. The summed E-state index contributed by atoms with van der Waals surface area (Å²) in [5, 5.41) is 11.3. The van der Waals surface area contributed by atoms with Crippen LogP contribution in [0.25, 0.3) is 21.7 Å². The van der Waals surface area contributed by atoms with Crippen molar-refractivity contribution in [2.75, 3.05) is 18.6 Å². The average molecular weight is 477 g/mol. The van der Waals surface area contributed by atoms with Crippen LogP contribution in [0.2, 0.25) is 0 Å². The first-order chi connectivity index (χ1) is 16.0. The molecule has 0 unspecified atom stereocenters. The summed E-state index contributed by atoms with van der Waals surface area (Å²) >= 11 is 2.73. The number of aromatic nitrogens is 1. The van der Waals surface area contributed by atoms with E-state index in [1.165, 1.54) is 49.8 Å². The summed E-state index contributed by atoms with van der Waals surface area (Å²) in [6, 6.07) is 20.1. The van der Waals surface area contributed by atoms with Crippen LogP contribution in [0.3, 0.4) is 0 Å². The number of aliphatic carboxylic acids is 1. The van der Waals surface area contributed by atoms with Crippen molar-refractivity contribution in [2.24, 2.45) is 0 Å². The Morgan fingerprint density at radius 1 is 1.03 bits per heavy atom. The third-order valence-electron chi connectivity index (χ3n) is 5.63. The van der Waals surface area contributed by atoms with Crippen molar-refractivity contribution >= 4 is 39.9 Å². The minimum Gasteiger partial charge on any atom is -0.481 e. The lowest BCUT2D eigenvalue weighted by molar-refractivity contribution is -0.136. The predicted octanol–water partition coefficient (Wildman–Crippen LogP) is 5.88. The fourth-order valence-corrected chi connectivity index (χ4v) is 5.87. The minimum atomic E-state index is -0.864. The molecule has 0 atom stereocenters. The zero-order valence-electron chi connectivity index (χ0n) is 17.7. The lowest BCUT2D eigenvalue weighted by atomic mass is 9.98. The number of hydrogen-bond acceptors (Lipinski definition) is 6. The standard InChI is InChI=1S/C25H20N2O4S2/c1-27(24-26-21(14-32-24)22-11-10-15(33-22)12-23(28)29)25(30)31-13-20-18-8-4-2-6-16(18)17-7-3-5-9-19(17)20/h2-11,14,20H,12-13H2,1H3,(H,28,29). The number of amides is 1. The number of anilines is 1. The first-order valence-electron chi connectivity index (χ1n) is 10.4. The fourth-order valence-electron chi connectivity index (χ4n) is 4.06. The number of carboxylic acids is 1. The number of thiazole rings is 1. The highest BCUT2D eigenvalue weighted by molar-refractivity contribution is 7.17. The summed E-state index contributed by atoms with van der Waals surface area (Å²) in [5.41, 5.74) is 5.42. The monoisotopic (exact) mass is 476 g/mol. The molecule has 0 radical (unpaired) electrons. The maximum absolute atomic E-state index is 12.8. The highest BCUT2D eigenvalue weighted by atomic mass is 32.1. The molecule has 1 N–H and O–H groups in total. The Kier molecular flexibility index (Phi) is 5.70. The molecule has 0 aliphatic heterocycles. The highest BCUT2D eigenvalue weighted by Gasteiger charge is 2.29. The molecule has 1 aliphatic rings. The van der Waals surface area contributed by atoms with E-state index in [0.717, 1.165) is 15.4 Å². The zero-order chi connectivity index (χ0) is 22.9. The maximum Gasteiger partial charge on any atom is 0.415 e. The van der Waals surface area contributed by atoms with Gasteiger partial charge < -0.3 is 9.84 Å². The van der Waals surface area contributed by atoms with Gasteiger partial charge in [-0.3, -0.25) is 9.69 Å². The van der Waals surface area contributed by atoms with Crippen LogP contribution in [0.1, 0.15) is 21.9 Å². The number of benzene rings is 2. The Labute approximate surface area is 198 Å². The van der Waals surface area contributed by atoms with E-state index >= 15 is 0 Å². The molecule has 1 aliphatic carbocycles. The molecule has 8 heteroatoms. The van der Waals surface area contributed by atoms with Gasteiger partial charge in [0.2, 0.25) is 0 Å². The van der Waals surface area contributed by atoms with Gasteiger partial charge in [-0.2, -0.15) is 0 Å². The molecule has 2 aromatic carbocycles. The molecule has 0 saturated carbocycles. The number of hydrogen-bond donors (Lipinski definition) is 1. The number of ether oxygens (including phenoxy) is 1. The van der Waals surface area contributed by atoms with Crippen LogP contribution in [-0.2, 0) is 16.0 Å². The smallest absolute Gasteiger partial charge is 0.415 e. The number of carbonyl (C=O) groups excluding carboxylic acids is 1. The molecule has 0 fully saturated rings.